The van der Waals surface area contributed by atoms with Crippen LogP contribution in [0.3, 0.4) is 0 Å². The van der Waals surface area contributed by atoms with E-state index < -0.39 is 0 Å². The molecular weight excluding hydrogens is 330 g/mol. The van der Waals surface area contributed by atoms with E-state index in [-0.39, 0.29) is 0 Å². The molecule has 0 bridgehead atoms. The summed E-state index contributed by atoms with van der Waals surface area (Å²) >= 11 is 0. The molecule has 0 radical (unpaired) electrons. The average Bonchev–Trinajstić information content (AvgIpc) is 2.69. The van der Waals surface area contributed by atoms with Gasteiger partial charge in [-0.15, -0.1) is 0 Å². The minimum atomic E-state index is 0.743. The Kier molecular flexibility index (Phi) is 4.35. The van der Waals surface area contributed by atoms with Gasteiger partial charge in [0.1, 0.15) is 0 Å². The first-order valence-electron chi connectivity index (χ1n) is 8.89. The van der Waals surface area contributed by atoms with Crippen LogP contribution in [0.4, 0.5) is 11.4 Å². The lowest BCUT2D eigenvalue weighted by Crippen LogP contribution is -1.92. The number of aryl methyl sites for hydroxylation is 1. The molecule has 132 valence electrons. The highest BCUT2D eigenvalue weighted by atomic mass is 14.7. The smallest absolute Gasteiger partial charge is 0.0715 e. The zero-order valence-corrected chi connectivity index (χ0v) is 15.2. The van der Waals surface area contributed by atoms with E-state index in [2.05, 4.69) is 43.3 Å². The third-order valence-electron chi connectivity index (χ3n) is 4.62. The third kappa shape index (κ3) is 3.67. The number of rotatable bonds is 3. The first kappa shape index (κ1) is 16.9. The fourth-order valence-electron chi connectivity index (χ4n) is 3.05. The molecule has 0 aliphatic carbocycles. The van der Waals surface area contributed by atoms with E-state index >= 15 is 0 Å². The molecule has 0 atom stereocenters. The predicted molar refractivity (Wildman–Crippen MR) is 114 cm³/mol. The van der Waals surface area contributed by atoms with Gasteiger partial charge in [-0.05, 0) is 54.4 Å². The summed E-state index contributed by atoms with van der Waals surface area (Å²) in [5.41, 5.74) is 20.6. The van der Waals surface area contributed by atoms with Gasteiger partial charge < -0.3 is 11.5 Å². The second-order valence-electron chi connectivity index (χ2n) is 6.74. The molecule has 0 amide bonds. The Bertz CT molecular complexity index is 910. The second kappa shape index (κ2) is 6.96. The highest BCUT2D eigenvalue weighted by Crippen LogP contribution is 2.31. The molecule has 3 nitrogen and oxygen atoms in total. The van der Waals surface area contributed by atoms with Crippen molar-refractivity contribution < 1.29 is 0 Å². The van der Waals surface area contributed by atoms with Crippen LogP contribution >= 0.6 is 0 Å². The van der Waals surface area contributed by atoms with Crippen molar-refractivity contribution in [1.82, 2.24) is 4.98 Å². The topological polar surface area (TPSA) is 64.9 Å². The van der Waals surface area contributed by atoms with Crippen LogP contribution in [0.5, 0.6) is 0 Å². The van der Waals surface area contributed by atoms with Crippen molar-refractivity contribution in [1.29, 1.82) is 0 Å². The lowest BCUT2D eigenvalue weighted by atomic mass is 9.99. The van der Waals surface area contributed by atoms with E-state index in [4.69, 9.17) is 16.5 Å². The van der Waals surface area contributed by atoms with Crippen LogP contribution in [0.1, 0.15) is 5.56 Å². The summed E-state index contributed by atoms with van der Waals surface area (Å²) in [6, 6.07) is 28.4. The van der Waals surface area contributed by atoms with Crippen molar-refractivity contribution in [3.05, 3.63) is 90.5 Å². The summed E-state index contributed by atoms with van der Waals surface area (Å²) in [6.45, 7) is 2.09. The number of anilines is 2. The average molecular weight is 351 g/mol. The summed E-state index contributed by atoms with van der Waals surface area (Å²) in [6.07, 6.45) is 0. The van der Waals surface area contributed by atoms with Gasteiger partial charge in [0.15, 0.2) is 0 Å². The van der Waals surface area contributed by atoms with Gasteiger partial charge in [-0.25, -0.2) is 4.98 Å². The van der Waals surface area contributed by atoms with Crippen LogP contribution in [-0.2, 0) is 0 Å². The van der Waals surface area contributed by atoms with Gasteiger partial charge in [-0.1, -0.05) is 54.1 Å². The van der Waals surface area contributed by atoms with Crippen molar-refractivity contribution in [2.45, 2.75) is 6.92 Å². The molecule has 3 heteroatoms. The van der Waals surface area contributed by atoms with Gasteiger partial charge in [0.05, 0.1) is 11.4 Å². The molecule has 3 aromatic carbocycles. The minimum absolute atomic E-state index is 0.743. The molecule has 1 aromatic heterocycles. The number of nitrogens with zero attached hydrogens (tertiary/aromatic N) is 1. The predicted octanol–water partition coefficient (Wildman–Crippen LogP) is 5.56. The number of nitrogen functional groups attached to an aromatic ring is 2. The summed E-state index contributed by atoms with van der Waals surface area (Å²) in [5.74, 6) is 0. The molecule has 27 heavy (non-hydrogen) atoms. The van der Waals surface area contributed by atoms with Gasteiger partial charge in [-0.3, -0.25) is 0 Å². The largest absolute Gasteiger partial charge is 0.399 e. The van der Waals surface area contributed by atoms with Gasteiger partial charge in [0, 0.05) is 22.5 Å². The molecule has 0 unspecified atom stereocenters. The van der Waals surface area contributed by atoms with Crippen molar-refractivity contribution in [3.8, 4) is 33.6 Å². The molecule has 0 aliphatic rings. The van der Waals surface area contributed by atoms with Crippen LogP contribution in [-0.4, -0.2) is 4.98 Å². The van der Waals surface area contributed by atoms with Crippen LogP contribution < -0.4 is 11.5 Å². The Balaban J connectivity index is 1.89. The minimum Gasteiger partial charge on any atom is -0.399 e. The van der Waals surface area contributed by atoms with E-state index in [1.807, 2.05) is 48.5 Å². The monoisotopic (exact) mass is 351 g/mol. The lowest BCUT2D eigenvalue weighted by molar-refractivity contribution is 1.32. The van der Waals surface area contributed by atoms with Crippen molar-refractivity contribution in [2.75, 3.05) is 11.5 Å². The maximum atomic E-state index is 5.84. The summed E-state index contributed by atoms with van der Waals surface area (Å²) in [5, 5.41) is 0. The zero-order chi connectivity index (χ0) is 18.8. The number of pyridine rings is 1. The third-order valence-corrected chi connectivity index (χ3v) is 4.62. The highest BCUT2D eigenvalue weighted by Gasteiger charge is 2.09. The van der Waals surface area contributed by atoms with Crippen LogP contribution in [0, 0.1) is 6.92 Å². The number of hydrogen-bond donors (Lipinski definition) is 2. The van der Waals surface area contributed by atoms with E-state index in [1.165, 1.54) is 5.56 Å². The maximum absolute atomic E-state index is 5.84. The van der Waals surface area contributed by atoms with Crippen LogP contribution in [0.15, 0.2) is 84.9 Å². The zero-order valence-electron chi connectivity index (χ0n) is 15.2. The molecule has 0 spiro atoms. The van der Waals surface area contributed by atoms with Gasteiger partial charge in [0.2, 0.25) is 0 Å². The Morgan fingerprint density at radius 3 is 1.37 bits per heavy atom. The first-order chi connectivity index (χ1) is 13.1. The number of nitrogens with two attached hydrogens (primary N) is 2. The molecule has 0 saturated carbocycles. The van der Waals surface area contributed by atoms with E-state index in [9.17, 15) is 0 Å². The Labute approximate surface area is 159 Å². The maximum Gasteiger partial charge on any atom is 0.0715 e. The summed E-state index contributed by atoms with van der Waals surface area (Å²) < 4.78 is 0. The molecule has 1 heterocycles. The van der Waals surface area contributed by atoms with Crippen LogP contribution in [0.25, 0.3) is 33.6 Å². The van der Waals surface area contributed by atoms with Gasteiger partial charge in [0.25, 0.3) is 0 Å². The second-order valence-corrected chi connectivity index (χ2v) is 6.74. The Hall–Kier alpha value is -3.59. The normalized spacial score (nSPS) is 10.7. The number of hydrogen-bond acceptors (Lipinski definition) is 3. The van der Waals surface area contributed by atoms with Crippen molar-refractivity contribution >= 4 is 11.4 Å². The van der Waals surface area contributed by atoms with Crippen LogP contribution in [0.2, 0.25) is 0 Å². The first-order valence-corrected chi connectivity index (χ1v) is 8.89. The summed E-state index contributed by atoms with van der Waals surface area (Å²) in [4.78, 5) is 4.89. The van der Waals surface area contributed by atoms with E-state index in [1.54, 1.807) is 0 Å². The molecule has 4 N–H and O–H groups in total. The van der Waals surface area contributed by atoms with E-state index in [0.717, 1.165) is 45.0 Å². The van der Waals surface area contributed by atoms with Gasteiger partial charge in [-0.2, -0.15) is 0 Å². The number of aromatic nitrogens is 1. The van der Waals surface area contributed by atoms with E-state index in [0.29, 0.717) is 0 Å². The number of benzene rings is 3. The Morgan fingerprint density at radius 2 is 0.926 bits per heavy atom. The van der Waals surface area contributed by atoms with Crippen molar-refractivity contribution in [3.63, 3.8) is 0 Å². The molecule has 0 aliphatic heterocycles. The molecule has 0 fully saturated rings. The quantitative estimate of drug-likeness (QED) is 0.475. The summed E-state index contributed by atoms with van der Waals surface area (Å²) in [7, 11) is 0. The lowest BCUT2D eigenvalue weighted by Gasteiger charge is -2.11. The molecule has 0 saturated heterocycles. The molecule has 4 rings (SSSR count). The Morgan fingerprint density at radius 1 is 0.519 bits per heavy atom. The fraction of sp³-hybridized carbons (Fsp3) is 0.0417. The fourth-order valence-corrected chi connectivity index (χ4v) is 3.05. The molecule has 4 aromatic rings. The SMILES string of the molecule is Cc1ccc(-c2cc(-c3ccc(N)cc3)nc(-c3ccc(N)cc3)c2)cc1. The highest BCUT2D eigenvalue weighted by molar-refractivity contribution is 5.77. The standard InChI is InChI=1S/C24H21N3/c1-16-2-4-17(5-3-16)20-14-23(18-6-10-21(25)11-7-18)27-24(15-20)19-8-12-22(26)13-9-19/h2-15H,25-26H2,1H3. The van der Waals surface area contributed by atoms with Gasteiger partial charge >= 0.3 is 0 Å². The molecular formula is C24H21N3. The van der Waals surface area contributed by atoms with Crippen molar-refractivity contribution in [2.24, 2.45) is 0 Å².